The Labute approximate surface area is 177 Å². The number of halogens is 1. The normalized spacial score (nSPS) is 16.8. The Hall–Kier alpha value is -3.03. The number of hydrogen-bond donors (Lipinski definition) is 2. The molecule has 1 aliphatic heterocycles. The number of nitrogens with one attached hydrogen (secondary N) is 2. The summed E-state index contributed by atoms with van der Waals surface area (Å²) in [6, 6.07) is 16.3. The molecule has 2 amide bonds. The van der Waals surface area contributed by atoms with Gasteiger partial charge in [-0.25, -0.2) is 4.39 Å². The minimum Gasteiger partial charge on any atom is -0.368 e. The molecule has 2 N–H and O–H groups in total. The molecule has 0 bridgehead atoms. The van der Waals surface area contributed by atoms with Gasteiger partial charge >= 0.3 is 0 Å². The van der Waals surface area contributed by atoms with E-state index in [1.54, 1.807) is 36.4 Å². The van der Waals surface area contributed by atoms with Crippen molar-refractivity contribution >= 4 is 28.8 Å². The lowest BCUT2D eigenvalue weighted by atomic mass is 10.0. The maximum Gasteiger partial charge on any atom is 0.253 e. The molecule has 2 atom stereocenters. The lowest BCUT2D eigenvalue weighted by Crippen LogP contribution is -2.29. The molecule has 1 fully saturated rings. The quantitative estimate of drug-likeness (QED) is 0.611. The summed E-state index contributed by atoms with van der Waals surface area (Å²) in [4.78, 5) is 26.2. The van der Waals surface area contributed by atoms with Gasteiger partial charge in [0.25, 0.3) is 11.8 Å². The fourth-order valence-electron chi connectivity index (χ4n) is 3.39. The molecule has 1 aromatic heterocycles. The first-order valence-electron chi connectivity index (χ1n) is 9.72. The molecule has 30 heavy (non-hydrogen) atoms. The van der Waals surface area contributed by atoms with Crippen LogP contribution in [0.15, 0.2) is 66.0 Å². The number of anilines is 1. The van der Waals surface area contributed by atoms with Gasteiger partial charge in [-0.1, -0.05) is 24.3 Å². The summed E-state index contributed by atoms with van der Waals surface area (Å²) < 4.78 is 18.8. The fraction of sp³-hybridized carbons (Fsp3) is 0.217. The van der Waals surface area contributed by atoms with Gasteiger partial charge in [0.2, 0.25) is 0 Å². The van der Waals surface area contributed by atoms with Gasteiger partial charge in [-0.15, -0.1) is 11.3 Å². The summed E-state index contributed by atoms with van der Waals surface area (Å²) in [6.07, 6.45) is 1.13. The Balaban J connectivity index is 1.51. The second-order valence-electron chi connectivity index (χ2n) is 7.05. The molecule has 2 heterocycles. The van der Waals surface area contributed by atoms with E-state index >= 15 is 0 Å². The van der Waals surface area contributed by atoms with Crippen molar-refractivity contribution in [3.63, 3.8) is 0 Å². The summed E-state index contributed by atoms with van der Waals surface area (Å²) in [5.74, 6) is -0.816. The van der Waals surface area contributed by atoms with Gasteiger partial charge in [-0.2, -0.15) is 0 Å². The zero-order valence-electron chi connectivity index (χ0n) is 16.1. The summed E-state index contributed by atoms with van der Waals surface area (Å²) in [6.45, 7) is 0.591. The summed E-state index contributed by atoms with van der Waals surface area (Å²) in [7, 11) is 0. The van der Waals surface area contributed by atoms with Crippen LogP contribution in [0.1, 0.15) is 39.7 Å². The molecule has 3 aromatic rings. The van der Waals surface area contributed by atoms with Crippen LogP contribution < -0.4 is 10.6 Å². The predicted molar refractivity (Wildman–Crippen MR) is 114 cm³/mol. The Kier molecular flexibility index (Phi) is 6.21. The highest BCUT2D eigenvalue weighted by Crippen LogP contribution is 2.27. The van der Waals surface area contributed by atoms with Crippen LogP contribution in [0.3, 0.4) is 0 Å². The molecule has 2 aromatic carbocycles. The first-order valence-corrected chi connectivity index (χ1v) is 10.6. The molecule has 0 spiro atoms. The fourth-order valence-corrected chi connectivity index (χ4v) is 4.19. The van der Waals surface area contributed by atoms with Crippen molar-refractivity contribution < 1.29 is 18.7 Å². The first-order chi connectivity index (χ1) is 14.6. The number of hydrogen-bond acceptors (Lipinski definition) is 4. The van der Waals surface area contributed by atoms with Crippen molar-refractivity contribution in [1.82, 2.24) is 5.32 Å². The number of amides is 2. The van der Waals surface area contributed by atoms with Crippen LogP contribution in [0.4, 0.5) is 10.1 Å². The second-order valence-corrected chi connectivity index (χ2v) is 8.02. The molecule has 0 radical (unpaired) electrons. The summed E-state index contributed by atoms with van der Waals surface area (Å²) in [5, 5.41) is 7.76. The summed E-state index contributed by atoms with van der Waals surface area (Å²) >= 11 is 1.51. The molecule has 0 unspecified atom stereocenters. The van der Waals surface area contributed by atoms with E-state index in [2.05, 4.69) is 10.6 Å². The van der Waals surface area contributed by atoms with Gasteiger partial charge in [-0.05, 0) is 60.2 Å². The Bertz CT molecular complexity index is 1020. The van der Waals surface area contributed by atoms with Gasteiger partial charge in [0.15, 0.2) is 0 Å². The van der Waals surface area contributed by atoms with Gasteiger partial charge in [0, 0.05) is 22.7 Å². The van der Waals surface area contributed by atoms with E-state index < -0.39 is 12.1 Å². The van der Waals surface area contributed by atoms with Crippen molar-refractivity contribution in [3.05, 3.63) is 87.9 Å². The first kappa shape index (κ1) is 20.3. The van der Waals surface area contributed by atoms with Gasteiger partial charge in [0.05, 0.1) is 6.04 Å². The Morgan fingerprint density at radius 3 is 2.63 bits per heavy atom. The van der Waals surface area contributed by atoms with Gasteiger partial charge in [0.1, 0.15) is 11.9 Å². The molecule has 5 nitrogen and oxygen atoms in total. The number of carbonyl (C=O) groups is 2. The van der Waals surface area contributed by atoms with Crippen LogP contribution >= 0.6 is 11.3 Å². The molecule has 1 aliphatic rings. The van der Waals surface area contributed by atoms with Crippen LogP contribution in [0.5, 0.6) is 0 Å². The number of thiophene rings is 1. The van der Waals surface area contributed by atoms with E-state index in [4.69, 9.17) is 4.74 Å². The van der Waals surface area contributed by atoms with E-state index in [9.17, 15) is 14.0 Å². The highest BCUT2D eigenvalue weighted by molar-refractivity contribution is 7.10. The standard InChI is InChI=1S/C23H21FN2O3S/c24-17-10-8-15(9-11-17)21(20-7-3-13-30-20)26-22(27)16-4-1-5-18(14-16)25-23(28)19-6-2-12-29-19/h1,3-5,7-11,13-14,19,21H,2,6,12H2,(H,25,28)(H,26,27)/t19-,21+/m0/s1. The van der Waals surface area contributed by atoms with Crippen molar-refractivity contribution in [1.29, 1.82) is 0 Å². The average molecular weight is 424 g/mol. The second kappa shape index (κ2) is 9.19. The molecule has 1 saturated heterocycles. The smallest absolute Gasteiger partial charge is 0.253 e. The molecule has 4 rings (SSSR count). The third-order valence-electron chi connectivity index (χ3n) is 4.92. The maximum absolute atomic E-state index is 13.4. The zero-order chi connectivity index (χ0) is 20.9. The Morgan fingerprint density at radius 1 is 1.10 bits per heavy atom. The largest absolute Gasteiger partial charge is 0.368 e. The molecule has 154 valence electrons. The van der Waals surface area contributed by atoms with Gasteiger partial charge in [-0.3, -0.25) is 9.59 Å². The van der Waals surface area contributed by atoms with E-state index in [0.29, 0.717) is 24.3 Å². The van der Waals surface area contributed by atoms with Crippen LogP contribution in [0, 0.1) is 5.82 Å². The van der Waals surface area contributed by atoms with Crippen LogP contribution in [0.2, 0.25) is 0 Å². The van der Waals surface area contributed by atoms with Crippen LogP contribution in [-0.2, 0) is 9.53 Å². The molecule has 7 heteroatoms. The van der Waals surface area contributed by atoms with E-state index in [0.717, 1.165) is 16.9 Å². The SMILES string of the molecule is O=C(N[C@H](c1ccc(F)cc1)c1cccs1)c1cccc(NC(=O)[C@@H]2CCCO2)c1. The van der Waals surface area contributed by atoms with Crippen molar-refractivity contribution in [3.8, 4) is 0 Å². The summed E-state index contributed by atoms with van der Waals surface area (Å²) in [5.41, 5.74) is 1.75. The Morgan fingerprint density at radius 2 is 1.93 bits per heavy atom. The highest BCUT2D eigenvalue weighted by atomic mass is 32.1. The van der Waals surface area contributed by atoms with Crippen molar-refractivity contribution in [2.24, 2.45) is 0 Å². The van der Waals surface area contributed by atoms with Crippen molar-refractivity contribution in [2.45, 2.75) is 25.0 Å². The van der Waals surface area contributed by atoms with Gasteiger partial charge < -0.3 is 15.4 Å². The predicted octanol–water partition coefficient (Wildman–Crippen LogP) is 4.52. The number of carbonyl (C=O) groups excluding carboxylic acids is 2. The van der Waals surface area contributed by atoms with E-state index in [-0.39, 0.29) is 17.6 Å². The molecule has 0 saturated carbocycles. The molecule has 0 aliphatic carbocycles. The van der Waals surface area contributed by atoms with E-state index in [1.807, 2.05) is 17.5 Å². The maximum atomic E-state index is 13.4. The number of rotatable bonds is 6. The molecular weight excluding hydrogens is 403 g/mol. The third-order valence-corrected chi connectivity index (χ3v) is 5.86. The minimum absolute atomic E-state index is 0.201. The van der Waals surface area contributed by atoms with E-state index in [1.165, 1.54) is 23.5 Å². The third kappa shape index (κ3) is 4.75. The lowest BCUT2D eigenvalue weighted by molar-refractivity contribution is -0.124. The average Bonchev–Trinajstić information content (AvgIpc) is 3.47. The minimum atomic E-state index is -0.441. The van der Waals surface area contributed by atoms with Crippen molar-refractivity contribution in [2.75, 3.05) is 11.9 Å². The lowest BCUT2D eigenvalue weighted by Gasteiger charge is -2.18. The highest BCUT2D eigenvalue weighted by Gasteiger charge is 2.24. The zero-order valence-corrected chi connectivity index (χ0v) is 17.0. The number of ether oxygens (including phenoxy) is 1. The molecular formula is C23H21FN2O3S. The number of benzene rings is 2. The van der Waals surface area contributed by atoms with Crippen LogP contribution in [0.25, 0.3) is 0 Å². The van der Waals surface area contributed by atoms with Crippen LogP contribution in [-0.4, -0.2) is 24.5 Å². The topological polar surface area (TPSA) is 67.4 Å². The monoisotopic (exact) mass is 424 g/mol.